The molecule has 150 valence electrons. The number of hydrogen-bond donors (Lipinski definition) is 3. The van der Waals surface area contributed by atoms with Crippen LogP contribution in [0.2, 0.25) is 0 Å². The van der Waals surface area contributed by atoms with Gasteiger partial charge in [0.05, 0.1) is 0 Å². The molecular formula is C19H25ClN6O2. The number of nitrogens with one attached hydrogen (secondary N) is 3. The van der Waals surface area contributed by atoms with E-state index in [4.69, 9.17) is 0 Å². The van der Waals surface area contributed by atoms with Gasteiger partial charge in [0, 0.05) is 30.1 Å². The average molecular weight is 405 g/mol. The number of anilines is 2. The molecule has 2 fully saturated rings. The molecule has 0 atom stereocenters. The van der Waals surface area contributed by atoms with Crippen molar-refractivity contribution in [2.24, 2.45) is 13.0 Å². The van der Waals surface area contributed by atoms with Crippen molar-refractivity contribution < 1.29 is 9.59 Å². The maximum atomic E-state index is 12.6. The number of piperidine rings is 1. The first-order chi connectivity index (χ1) is 13.1. The Balaban J connectivity index is 0.00000225. The van der Waals surface area contributed by atoms with Gasteiger partial charge in [-0.1, -0.05) is 6.07 Å². The maximum absolute atomic E-state index is 12.6. The molecule has 3 N–H and O–H groups in total. The number of halogens is 1. The van der Waals surface area contributed by atoms with Gasteiger partial charge in [-0.2, -0.15) is 10.1 Å². The van der Waals surface area contributed by atoms with Crippen LogP contribution in [0.25, 0.3) is 0 Å². The SMILES string of the molecule is Cl.Cn1nc(C2CCNCC2)nc1NC(=O)c1cccc(NC(=O)C2CC2)c1. The second-order valence-corrected chi connectivity index (χ2v) is 7.24. The number of rotatable bonds is 5. The quantitative estimate of drug-likeness (QED) is 0.709. The van der Waals surface area contributed by atoms with Crippen LogP contribution in [-0.4, -0.2) is 39.7 Å². The molecular weight excluding hydrogens is 380 g/mol. The van der Waals surface area contributed by atoms with Crippen LogP contribution < -0.4 is 16.0 Å². The molecule has 4 rings (SSSR count). The summed E-state index contributed by atoms with van der Waals surface area (Å²) in [5.41, 5.74) is 1.10. The van der Waals surface area contributed by atoms with Crippen molar-refractivity contribution in [3.63, 3.8) is 0 Å². The monoisotopic (exact) mass is 404 g/mol. The zero-order valence-electron chi connectivity index (χ0n) is 15.8. The highest BCUT2D eigenvalue weighted by Crippen LogP contribution is 2.30. The van der Waals surface area contributed by atoms with Crippen LogP contribution in [0.4, 0.5) is 11.6 Å². The lowest BCUT2D eigenvalue weighted by Crippen LogP contribution is -2.27. The third-order valence-corrected chi connectivity index (χ3v) is 5.05. The summed E-state index contributed by atoms with van der Waals surface area (Å²) in [6.45, 7) is 1.92. The van der Waals surface area contributed by atoms with Crippen molar-refractivity contribution in [3.05, 3.63) is 35.7 Å². The van der Waals surface area contributed by atoms with E-state index in [0.717, 1.165) is 44.6 Å². The molecule has 0 radical (unpaired) electrons. The number of carbonyl (C=O) groups is 2. The highest BCUT2D eigenvalue weighted by molar-refractivity contribution is 6.04. The van der Waals surface area contributed by atoms with E-state index < -0.39 is 0 Å². The molecule has 0 bridgehead atoms. The summed E-state index contributed by atoms with van der Waals surface area (Å²) in [5, 5.41) is 13.5. The Bertz CT molecular complexity index is 858. The number of carbonyl (C=O) groups excluding carboxylic acids is 2. The first-order valence-corrected chi connectivity index (χ1v) is 9.44. The number of amides is 2. The van der Waals surface area contributed by atoms with E-state index in [1.54, 1.807) is 36.0 Å². The minimum atomic E-state index is -0.273. The van der Waals surface area contributed by atoms with E-state index in [1.165, 1.54) is 0 Å². The highest BCUT2D eigenvalue weighted by atomic mass is 35.5. The van der Waals surface area contributed by atoms with Crippen molar-refractivity contribution in [2.45, 2.75) is 31.6 Å². The zero-order chi connectivity index (χ0) is 18.8. The molecule has 1 aromatic carbocycles. The Morgan fingerprint density at radius 3 is 2.61 bits per heavy atom. The number of nitrogens with zero attached hydrogens (tertiary/aromatic N) is 3. The number of aryl methyl sites for hydroxylation is 1. The van der Waals surface area contributed by atoms with Crippen LogP contribution in [0.15, 0.2) is 24.3 Å². The van der Waals surface area contributed by atoms with Crippen molar-refractivity contribution in [3.8, 4) is 0 Å². The van der Waals surface area contributed by atoms with Gasteiger partial charge >= 0.3 is 0 Å². The maximum Gasteiger partial charge on any atom is 0.258 e. The second kappa shape index (κ2) is 8.70. The van der Waals surface area contributed by atoms with Crippen LogP contribution in [0.1, 0.15) is 47.8 Å². The minimum absolute atomic E-state index is 0. The Morgan fingerprint density at radius 2 is 1.89 bits per heavy atom. The third kappa shape index (κ3) is 4.69. The topological polar surface area (TPSA) is 101 Å². The van der Waals surface area contributed by atoms with E-state index in [0.29, 0.717) is 23.1 Å². The first kappa shape index (κ1) is 20.3. The molecule has 0 spiro atoms. The molecule has 2 heterocycles. The van der Waals surface area contributed by atoms with Gasteiger partial charge < -0.3 is 10.6 Å². The van der Waals surface area contributed by atoms with Crippen molar-refractivity contribution in [1.82, 2.24) is 20.1 Å². The van der Waals surface area contributed by atoms with E-state index in [9.17, 15) is 9.59 Å². The van der Waals surface area contributed by atoms with E-state index in [1.807, 2.05) is 0 Å². The normalized spacial score (nSPS) is 16.9. The highest BCUT2D eigenvalue weighted by Gasteiger charge is 2.29. The molecule has 0 unspecified atom stereocenters. The Morgan fingerprint density at radius 1 is 1.14 bits per heavy atom. The summed E-state index contributed by atoms with van der Waals surface area (Å²) in [6, 6.07) is 6.94. The second-order valence-electron chi connectivity index (χ2n) is 7.24. The van der Waals surface area contributed by atoms with Crippen molar-refractivity contribution in [2.75, 3.05) is 23.7 Å². The molecule has 1 saturated heterocycles. The minimum Gasteiger partial charge on any atom is -0.326 e. The molecule has 1 aromatic heterocycles. The van der Waals surface area contributed by atoms with Crippen molar-refractivity contribution >= 4 is 35.9 Å². The van der Waals surface area contributed by atoms with Gasteiger partial charge in [0.2, 0.25) is 11.9 Å². The predicted octanol–water partition coefficient (Wildman–Crippen LogP) is 2.30. The van der Waals surface area contributed by atoms with Gasteiger partial charge in [-0.05, 0) is 57.0 Å². The van der Waals surface area contributed by atoms with Gasteiger partial charge in [0.15, 0.2) is 5.82 Å². The third-order valence-electron chi connectivity index (χ3n) is 5.05. The molecule has 1 aliphatic heterocycles. The predicted molar refractivity (Wildman–Crippen MR) is 109 cm³/mol. The average Bonchev–Trinajstić information content (AvgIpc) is 3.47. The Labute approximate surface area is 169 Å². The van der Waals surface area contributed by atoms with E-state index in [-0.39, 0.29) is 30.1 Å². The summed E-state index contributed by atoms with van der Waals surface area (Å²) >= 11 is 0. The summed E-state index contributed by atoms with van der Waals surface area (Å²) in [6.07, 6.45) is 3.88. The number of hydrogen-bond acceptors (Lipinski definition) is 5. The molecule has 9 heteroatoms. The molecule has 1 aliphatic carbocycles. The zero-order valence-corrected chi connectivity index (χ0v) is 16.6. The Hall–Kier alpha value is -2.45. The van der Waals surface area contributed by atoms with Crippen LogP contribution in [0.5, 0.6) is 0 Å². The van der Waals surface area contributed by atoms with Gasteiger partial charge in [0.25, 0.3) is 5.91 Å². The summed E-state index contributed by atoms with van der Waals surface area (Å²) in [5.74, 6) is 1.40. The lowest BCUT2D eigenvalue weighted by atomic mass is 9.98. The fourth-order valence-corrected chi connectivity index (χ4v) is 3.27. The van der Waals surface area contributed by atoms with Gasteiger partial charge in [0.1, 0.15) is 0 Å². The molecule has 2 aliphatic rings. The fourth-order valence-electron chi connectivity index (χ4n) is 3.27. The van der Waals surface area contributed by atoms with Crippen LogP contribution in [0.3, 0.4) is 0 Å². The summed E-state index contributed by atoms with van der Waals surface area (Å²) in [7, 11) is 1.78. The van der Waals surface area contributed by atoms with Crippen LogP contribution in [-0.2, 0) is 11.8 Å². The molecule has 28 heavy (non-hydrogen) atoms. The lowest BCUT2D eigenvalue weighted by molar-refractivity contribution is -0.117. The molecule has 2 amide bonds. The van der Waals surface area contributed by atoms with E-state index >= 15 is 0 Å². The lowest BCUT2D eigenvalue weighted by Gasteiger charge is -2.19. The van der Waals surface area contributed by atoms with Gasteiger partial charge in [-0.25, -0.2) is 4.68 Å². The molecule has 2 aromatic rings. The Kier molecular flexibility index (Phi) is 6.31. The number of aromatic nitrogens is 3. The molecule has 8 nitrogen and oxygen atoms in total. The first-order valence-electron chi connectivity index (χ1n) is 9.44. The van der Waals surface area contributed by atoms with Gasteiger partial charge in [-0.15, -0.1) is 12.4 Å². The van der Waals surface area contributed by atoms with Crippen LogP contribution >= 0.6 is 12.4 Å². The smallest absolute Gasteiger partial charge is 0.258 e. The molecule has 1 saturated carbocycles. The fraction of sp³-hybridized carbons (Fsp3) is 0.474. The van der Waals surface area contributed by atoms with Crippen molar-refractivity contribution in [1.29, 1.82) is 0 Å². The summed E-state index contributed by atoms with van der Waals surface area (Å²) in [4.78, 5) is 29.1. The van der Waals surface area contributed by atoms with Crippen LogP contribution in [0, 0.1) is 5.92 Å². The number of benzene rings is 1. The van der Waals surface area contributed by atoms with Gasteiger partial charge in [-0.3, -0.25) is 14.9 Å². The largest absolute Gasteiger partial charge is 0.326 e. The standard InChI is InChI=1S/C19H24N6O2.ClH/c1-25-19(22-16(24-25)12-7-9-20-10-8-12)23-18(27)14-3-2-4-15(11-14)21-17(26)13-5-6-13;/h2-4,11-13,20H,5-10H2,1H3,(H,21,26)(H,22,23,24,27);1H. The van der Waals surface area contributed by atoms with E-state index in [2.05, 4.69) is 26.0 Å². The summed E-state index contributed by atoms with van der Waals surface area (Å²) < 4.78 is 1.61.